The zero-order valence-electron chi connectivity index (χ0n) is 14.2. The molecular formula is C19H18O5. The van der Waals surface area contributed by atoms with Crippen LogP contribution in [0.1, 0.15) is 52.6 Å². The highest BCUT2D eigenvalue weighted by Gasteiger charge is 2.47. The summed E-state index contributed by atoms with van der Waals surface area (Å²) < 4.78 is 11.4. The maximum atomic E-state index is 12.6. The molecule has 1 aliphatic heterocycles. The Morgan fingerprint density at radius 1 is 1.17 bits per heavy atom. The number of methoxy groups -OCH3 is 1. The van der Waals surface area contributed by atoms with Gasteiger partial charge < -0.3 is 14.6 Å². The number of hydrogen-bond donors (Lipinski definition) is 1. The molecule has 1 atom stereocenters. The summed E-state index contributed by atoms with van der Waals surface area (Å²) in [6, 6.07) is 1.74. The summed E-state index contributed by atoms with van der Waals surface area (Å²) in [6.45, 7) is 7.74. The van der Waals surface area contributed by atoms with Crippen molar-refractivity contribution >= 4 is 22.3 Å². The van der Waals surface area contributed by atoms with Gasteiger partial charge in [0.25, 0.3) is 0 Å². The van der Waals surface area contributed by atoms with Gasteiger partial charge >= 0.3 is 0 Å². The van der Waals surface area contributed by atoms with Crippen LogP contribution in [0.5, 0.6) is 17.2 Å². The highest BCUT2D eigenvalue weighted by molar-refractivity contribution is 6.58. The standard InChI is InChI=1S/C19H18O5/c1-7-6-9(23-5)11-12-10(7)18-14(19(3,4)8(2)24-18)15(20)13(12)17(22)16(11)21/h6,8,20H,1-5H3. The van der Waals surface area contributed by atoms with Crippen LogP contribution in [0.2, 0.25) is 0 Å². The van der Waals surface area contributed by atoms with E-state index in [9.17, 15) is 14.7 Å². The molecule has 0 saturated heterocycles. The molecule has 0 fully saturated rings. The molecule has 0 saturated carbocycles. The van der Waals surface area contributed by atoms with Crippen molar-refractivity contribution in [1.29, 1.82) is 0 Å². The summed E-state index contributed by atoms with van der Waals surface area (Å²) in [7, 11) is 1.46. The van der Waals surface area contributed by atoms with Gasteiger partial charge in [-0.05, 0) is 25.5 Å². The molecule has 0 spiro atoms. The van der Waals surface area contributed by atoms with Gasteiger partial charge in [-0.25, -0.2) is 0 Å². The fourth-order valence-electron chi connectivity index (χ4n) is 3.88. The number of ether oxygens (including phenoxy) is 2. The number of carbonyl (C=O) groups is 2. The van der Waals surface area contributed by atoms with E-state index in [0.29, 0.717) is 27.8 Å². The topological polar surface area (TPSA) is 72.8 Å². The molecular weight excluding hydrogens is 308 g/mol. The highest BCUT2D eigenvalue weighted by atomic mass is 16.5. The van der Waals surface area contributed by atoms with Crippen LogP contribution in [0.4, 0.5) is 0 Å². The van der Waals surface area contributed by atoms with Crippen molar-refractivity contribution in [2.24, 2.45) is 0 Å². The zero-order valence-corrected chi connectivity index (χ0v) is 14.2. The van der Waals surface area contributed by atoms with Gasteiger partial charge in [-0.15, -0.1) is 0 Å². The molecule has 2 aromatic carbocycles. The second kappa shape index (κ2) is 4.29. The van der Waals surface area contributed by atoms with Gasteiger partial charge in [0.1, 0.15) is 23.4 Å². The van der Waals surface area contributed by atoms with Crippen molar-refractivity contribution < 1.29 is 24.2 Å². The third-order valence-electron chi connectivity index (χ3n) is 5.50. The first-order chi connectivity index (χ1) is 11.2. The molecule has 0 radical (unpaired) electrons. The number of aromatic hydroxyl groups is 1. The van der Waals surface area contributed by atoms with Crippen LogP contribution in [0.25, 0.3) is 10.8 Å². The highest BCUT2D eigenvalue weighted by Crippen LogP contribution is 2.56. The van der Waals surface area contributed by atoms with E-state index >= 15 is 0 Å². The summed E-state index contributed by atoms with van der Waals surface area (Å²) in [5.74, 6) is -0.558. The van der Waals surface area contributed by atoms with Crippen molar-refractivity contribution in [3.05, 3.63) is 28.3 Å². The first kappa shape index (κ1) is 15.0. The van der Waals surface area contributed by atoms with Crippen molar-refractivity contribution in [1.82, 2.24) is 0 Å². The molecule has 0 bridgehead atoms. The Labute approximate surface area is 139 Å². The van der Waals surface area contributed by atoms with E-state index in [1.807, 2.05) is 27.7 Å². The van der Waals surface area contributed by atoms with Crippen molar-refractivity contribution in [3.63, 3.8) is 0 Å². The minimum absolute atomic E-state index is 0.0801. The van der Waals surface area contributed by atoms with Gasteiger partial charge in [-0.1, -0.05) is 13.8 Å². The molecule has 5 heteroatoms. The van der Waals surface area contributed by atoms with Crippen molar-refractivity contribution in [3.8, 4) is 17.2 Å². The number of benzene rings is 2. The first-order valence-electron chi connectivity index (χ1n) is 7.88. The van der Waals surface area contributed by atoms with E-state index in [2.05, 4.69) is 0 Å². The molecule has 124 valence electrons. The number of Topliss-reactive ketones (excluding diaryl/α,β-unsaturated/α-hetero) is 2. The van der Waals surface area contributed by atoms with Crippen molar-refractivity contribution in [2.75, 3.05) is 7.11 Å². The average molecular weight is 326 g/mol. The number of hydrogen-bond acceptors (Lipinski definition) is 5. The lowest BCUT2D eigenvalue weighted by Gasteiger charge is -2.23. The Balaban J connectivity index is 2.30. The molecule has 1 N–H and O–H groups in total. The molecule has 4 rings (SSSR count). The molecule has 5 nitrogen and oxygen atoms in total. The van der Waals surface area contributed by atoms with Crippen LogP contribution < -0.4 is 9.47 Å². The number of aryl methyl sites for hydroxylation is 1. The van der Waals surface area contributed by atoms with Crippen molar-refractivity contribution in [2.45, 2.75) is 39.2 Å². The molecule has 2 aliphatic rings. The first-order valence-corrected chi connectivity index (χ1v) is 7.88. The third-order valence-corrected chi connectivity index (χ3v) is 5.50. The predicted octanol–water partition coefficient (Wildman–Crippen LogP) is 3.30. The van der Waals surface area contributed by atoms with E-state index < -0.39 is 17.0 Å². The van der Waals surface area contributed by atoms with Gasteiger partial charge in [0.15, 0.2) is 0 Å². The Morgan fingerprint density at radius 2 is 1.79 bits per heavy atom. The van der Waals surface area contributed by atoms with E-state index in [0.717, 1.165) is 5.56 Å². The largest absolute Gasteiger partial charge is 0.507 e. The second-order valence-electron chi connectivity index (χ2n) is 7.09. The van der Waals surface area contributed by atoms with E-state index in [1.54, 1.807) is 6.07 Å². The molecule has 0 aromatic heterocycles. The van der Waals surface area contributed by atoms with Crippen LogP contribution in [-0.4, -0.2) is 29.9 Å². The summed E-state index contributed by atoms with van der Waals surface area (Å²) in [4.78, 5) is 25.1. The van der Waals surface area contributed by atoms with Crippen LogP contribution in [0.15, 0.2) is 6.07 Å². The summed E-state index contributed by atoms with van der Waals surface area (Å²) in [5.41, 5.74) is 1.27. The Morgan fingerprint density at radius 3 is 2.42 bits per heavy atom. The van der Waals surface area contributed by atoms with Gasteiger partial charge in [0, 0.05) is 21.8 Å². The van der Waals surface area contributed by atoms with Crippen LogP contribution in [0, 0.1) is 6.92 Å². The van der Waals surface area contributed by atoms with E-state index in [-0.39, 0.29) is 23.0 Å². The number of phenolic OH excluding ortho intramolecular Hbond substituents is 1. The molecule has 1 heterocycles. The van der Waals surface area contributed by atoms with Gasteiger partial charge in [-0.3, -0.25) is 9.59 Å². The Kier molecular flexibility index (Phi) is 2.68. The Hall–Kier alpha value is -2.56. The third kappa shape index (κ3) is 1.45. The van der Waals surface area contributed by atoms with Crippen LogP contribution in [-0.2, 0) is 5.41 Å². The van der Waals surface area contributed by atoms with Gasteiger partial charge in [-0.2, -0.15) is 0 Å². The number of phenols is 1. The number of rotatable bonds is 1. The number of carbonyl (C=O) groups excluding carboxylic acids is 2. The average Bonchev–Trinajstić information content (AvgIpc) is 2.90. The number of fused-ring (bicyclic) bond motifs is 2. The normalized spacial score (nSPS) is 20.5. The lowest BCUT2D eigenvalue weighted by Crippen LogP contribution is -2.29. The molecule has 24 heavy (non-hydrogen) atoms. The van der Waals surface area contributed by atoms with E-state index in [1.165, 1.54) is 7.11 Å². The molecule has 2 aromatic rings. The molecule has 1 unspecified atom stereocenters. The number of ketones is 2. The summed E-state index contributed by atoms with van der Waals surface area (Å²) >= 11 is 0. The fraction of sp³-hybridized carbons (Fsp3) is 0.368. The summed E-state index contributed by atoms with van der Waals surface area (Å²) in [6.07, 6.45) is -0.160. The maximum Gasteiger partial charge on any atom is 0.238 e. The Bertz CT molecular complexity index is 968. The monoisotopic (exact) mass is 326 g/mol. The zero-order chi connectivity index (χ0) is 17.5. The smallest absolute Gasteiger partial charge is 0.238 e. The quantitative estimate of drug-likeness (QED) is 0.814. The van der Waals surface area contributed by atoms with Crippen LogP contribution >= 0.6 is 0 Å². The minimum atomic E-state index is -0.686. The van der Waals surface area contributed by atoms with Gasteiger partial charge in [0.05, 0.1) is 18.2 Å². The summed E-state index contributed by atoms with van der Waals surface area (Å²) in [5, 5.41) is 12.0. The predicted molar refractivity (Wildman–Crippen MR) is 88.7 cm³/mol. The minimum Gasteiger partial charge on any atom is -0.507 e. The van der Waals surface area contributed by atoms with E-state index in [4.69, 9.17) is 9.47 Å². The van der Waals surface area contributed by atoms with Gasteiger partial charge in [0.2, 0.25) is 11.6 Å². The SMILES string of the molecule is COc1cc(C)c2c3c(c(O)c4c2c1C(=O)C4=O)C(C)(C)C(C)O3. The van der Waals surface area contributed by atoms with Crippen LogP contribution in [0.3, 0.4) is 0 Å². The second-order valence-corrected chi connectivity index (χ2v) is 7.09. The lowest BCUT2D eigenvalue weighted by atomic mass is 9.79. The fourth-order valence-corrected chi connectivity index (χ4v) is 3.88. The lowest BCUT2D eigenvalue weighted by molar-refractivity contribution is 0.0822. The molecule has 1 aliphatic carbocycles. The molecule has 0 amide bonds. The maximum absolute atomic E-state index is 12.6.